The first kappa shape index (κ1) is 10.9. The van der Waals surface area contributed by atoms with Crippen molar-refractivity contribution in [3.05, 3.63) is 0 Å². The second-order valence-electron chi connectivity index (χ2n) is 4.56. The molecule has 1 aliphatic carbocycles. The number of nitrogens with zero attached hydrogens (tertiary/aromatic N) is 1. The lowest BCUT2D eigenvalue weighted by molar-refractivity contribution is 0.248. The van der Waals surface area contributed by atoms with Crippen molar-refractivity contribution in [1.82, 2.24) is 4.90 Å². The van der Waals surface area contributed by atoms with E-state index >= 15 is 0 Å². The maximum Gasteiger partial charge on any atom is 0.152 e. The van der Waals surface area contributed by atoms with Crippen LogP contribution in [0, 0.1) is 5.41 Å². The van der Waals surface area contributed by atoms with Gasteiger partial charge in [0, 0.05) is 25.0 Å². The van der Waals surface area contributed by atoms with Gasteiger partial charge in [-0.25, -0.2) is 8.42 Å². The molecule has 0 atom stereocenters. The van der Waals surface area contributed by atoms with E-state index in [0.717, 1.165) is 25.0 Å². The van der Waals surface area contributed by atoms with Gasteiger partial charge in [-0.15, -0.1) is 0 Å². The smallest absolute Gasteiger partial charge is 0.152 e. The molecule has 0 aromatic carbocycles. The summed E-state index contributed by atoms with van der Waals surface area (Å²) in [4.78, 5) is 2.30. The molecule has 1 heterocycles. The van der Waals surface area contributed by atoms with E-state index in [0.29, 0.717) is 16.9 Å². The van der Waals surface area contributed by atoms with Crippen LogP contribution in [0.5, 0.6) is 0 Å². The van der Waals surface area contributed by atoms with Gasteiger partial charge in [-0.1, -0.05) is 15.9 Å². The fraction of sp³-hybridized carbons (Fsp3) is 1.00. The summed E-state index contributed by atoms with van der Waals surface area (Å²) in [5, 5.41) is 1.06. The molecular weight excluding hydrogens is 266 g/mol. The van der Waals surface area contributed by atoms with Gasteiger partial charge in [0.2, 0.25) is 0 Å². The van der Waals surface area contributed by atoms with Crippen LogP contribution < -0.4 is 0 Å². The summed E-state index contributed by atoms with van der Waals surface area (Å²) in [5.41, 5.74) is 0.473. The normalized spacial score (nSPS) is 30.1. The molecule has 5 heteroatoms. The third-order valence-corrected chi connectivity index (χ3v) is 6.04. The molecule has 0 unspecified atom stereocenters. The molecule has 0 spiro atoms. The van der Waals surface area contributed by atoms with Crippen LogP contribution in [0.4, 0.5) is 0 Å². The van der Waals surface area contributed by atoms with Crippen molar-refractivity contribution < 1.29 is 8.42 Å². The molecule has 0 bridgehead atoms. The number of hydrogen-bond acceptors (Lipinski definition) is 3. The maximum absolute atomic E-state index is 11.2. The van der Waals surface area contributed by atoms with Crippen molar-refractivity contribution in [1.29, 1.82) is 0 Å². The average molecular weight is 282 g/mol. The van der Waals surface area contributed by atoms with E-state index < -0.39 is 9.84 Å². The Morgan fingerprint density at radius 2 is 1.79 bits per heavy atom. The Hall–Kier alpha value is 0.390. The summed E-state index contributed by atoms with van der Waals surface area (Å²) in [6, 6.07) is 0. The first-order valence-electron chi connectivity index (χ1n) is 5.04. The Balaban J connectivity index is 1.84. The second kappa shape index (κ2) is 3.76. The minimum atomic E-state index is -2.71. The molecule has 2 fully saturated rings. The number of alkyl halides is 1. The Labute approximate surface area is 93.9 Å². The zero-order valence-corrected chi connectivity index (χ0v) is 10.6. The summed E-state index contributed by atoms with van der Waals surface area (Å²) in [5.74, 6) is 0.705. The molecule has 0 radical (unpaired) electrons. The highest BCUT2D eigenvalue weighted by Crippen LogP contribution is 2.47. The highest BCUT2D eigenvalue weighted by atomic mass is 79.9. The van der Waals surface area contributed by atoms with E-state index in [1.165, 1.54) is 12.8 Å². The van der Waals surface area contributed by atoms with Gasteiger partial charge in [-0.2, -0.15) is 0 Å². The molecule has 3 nitrogen and oxygen atoms in total. The quantitative estimate of drug-likeness (QED) is 0.722. The minimum absolute atomic E-state index is 0.353. The lowest BCUT2D eigenvalue weighted by atomic mass is 10.1. The molecule has 14 heavy (non-hydrogen) atoms. The summed E-state index contributed by atoms with van der Waals surface area (Å²) in [6.07, 6.45) is 2.59. The van der Waals surface area contributed by atoms with Crippen molar-refractivity contribution in [3.63, 3.8) is 0 Å². The molecule has 0 aromatic heterocycles. The zero-order valence-electron chi connectivity index (χ0n) is 8.21. The standard InChI is InChI=1S/C9H16BrNO2S/c10-7-9(1-2-9)8-11-3-5-14(12,13)6-4-11/h1-8H2. The highest BCUT2D eigenvalue weighted by Gasteiger charge is 2.43. The largest absolute Gasteiger partial charge is 0.301 e. The van der Waals surface area contributed by atoms with Crippen molar-refractivity contribution in [2.24, 2.45) is 5.41 Å². The van der Waals surface area contributed by atoms with Crippen molar-refractivity contribution in [2.45, 2.75) is 12.8 Å². The molecule has 0 amide bonds. The average Bonchev–Trinajstić information content (AvgIpc) is 2.90. The van der Waals surface area contributed by atoms with Crippen LogP contribution in [0.2, 0.25) is 0 Å². The van der Waals surface area contributed by atoms with Gasteiger partial charge < -0.3 is 4.90 Å². The Morgan fingerprint density at radius 1 is 1.21 bits per heavy atom. The molecule has 0 N–H and O–H groups in total. The SMILES string of the molecule is O=S1(=O)CCN(CC2(CBr)CC2)CC1. The van der Waals surface area contributed by atoms with Gasteiger partial charge in [0.05, 0.1) is 11.5 Å². The van der Waals surface area contributed by atoms with E-state index in [4.69, 9.17) is 0 Å². The maximum atomic E-state index is 11.2. The van der Waals surface area contributed by atoms with Gasteiger partial charge >= 0.3 is 0 Å². The van der Waals surface area contributed by atoms with Crippen molar-refractivity contribution in [3.8, 4) is 0 Å². The first-order valence-corrected chi connectivity index (χ1v) is 7.98. The Bertz CT molecular complexity index is 297. The Kier molecular flexibility index (Phi) is 2.92. The highest BCUT2D eigenvalue weighted by molar-refractivity contribution is 9.09. The lowest BCUT2D eigenvalue weighted by Gasteiger charge is -2.29. The number of sulfone groups is 1. The molecule has 1 saturated heterocycles. The lowest BCUT2D eigenvalue weighted by Crippen LogP contribution is -2.43. The van der Waals surface area contributed by atoms with Gasteiger partial charge in [0.15, 0.2) is 9.84 Å². The van der Waals surface area contributed by atoms with Crippen LogP contribution in [0.1, 0.15) is 12.8 Å². The van der Waals surface area contributed by atoms with Crippen LogP contribution in [0.3, 0.4) is 0 Å². The summed E-state index contributed by atoms with van der Waals surface area (Å²) >= 11 is 3.54. The van der Waals surface area contributed by atoms with Crippen molar-refractivity contribution >= 4 is 25.8 Å². The first-order chi connectivity index (χ1) is 6.55. The molecular formula is C9H16BrNO2S. The number of rotatable bonds is 3. The molecule has 2 rings (SSSR count). The van der Waals surface area contributed by atoms with Crippen LogP contribution in [-0.4, -0.2) is 49.8 Å². The van der Waals surface area contributed by atoms with Crippen LogP contribution in [0.15, 0.2) is 0 Å². The van der Waals surface area contributed by atoms with Gasteiger partial charge in [0.1, 0.15) is 0 Å². The molecule has 2 aliphatic rings. The molecule has 0 aromatic rings. The summed E-state index contributed by atoms with van der Waals surface area (Å²) in [7, 11) is -2.71. The minimum Gasteiger partial charge on any atom is -0.301 e. The van der Waals surface area contributed by atoms with Crippen LogP contribution >= 0.6 is 15.9 Å². The number of hydrogen-bond donors (Lipinski definition) is 0. The molecule has 1 aliphatic heterocycles. The van der Waals surface area contributed by atoms with E-state index in [9.17, 15) is 8.42 Å². The Morgan fingerprint density at radius 3 is 2.21 bits per heavy atom. The van der Waals surface area contributed by atoms with E-state index in [1.807, 2.05) is 0 Å². The van der Waals surface area contributed by atoms with E-state index in [1.54, 1.807) is 0 Å². The van der Waals surface area contributed by atoms with Crippen molar-refractivity contribution in [2.75, 3.05) is 36.5 Å². The van der Waals surface area contributed by atoms with E-state index in [-0.39, 0.29) is 0 Å². The second-order valence-corrected chi connectivity index (χ2v) is 7.43. The topological polar surface area (TPSA) is 37.4 Å². The predicted molar refractivity (Wildman–Crippen MR) is 60.6 cm³/mol. The third-order valence-electron chi connectivity index (χ3n) is 3.24. The third kappa shape index (κ3) is 2.49. The monoisotopic (exact) mass is 281 g/mol. The fourth-order valence-corrected chi connectivity index (χ4v) is 3.91. The van der Waals surface area contributed by atoms with E-state index in [2.05, 4.69) is 20.8 Å². The predicted octanol–water partition coefficient (Wildman–Crippen LogP) is 0.892. The summed E-state index contributed by atoms with van der Waals surface area (Å²) in [6.45, 7) is 2.54. The van der Waals surface area contributed by atoms with Crippen LogP contribution in [-0.2, 0) is 9.84 Å². The molecule has 1 saturated carbocycles. The van der Waals surface area contributed by atoms with Gasteiger partial charge in [-0.05, 0) is 18.3 Å². The number of halogens is 1. The van der Waals surface area contributed by atoms with Crippen LogP contribution in [0.25, 0.3) is 0 Å². The zero-order chi connectivity index (χ0) is 10.2. The van der Waals surface area contributed by atoms with Gasteiger partial charge in [-0.3, -0.25) is 0 Å². The molecule has 82 valence electrons. The fourth-order valence-electron chi connectivity index (χ4n) is 1.89. The van der Waals surface area contributed by atoms with Gasteiger partial charge in [0.25, 0.3) is 0 Å². The summed E-state index contributed by atoms with van der Waals surface area (Å²) < 4.78 is 22.4.